The van der Waals surface area contributed by atoms with Crippen molar-refractivity contribution in [2.24, 2.45) is 0 Å². The van der Waals surface area contributed by atoms with Crippen LogP contribution in [0.5, 0.6) is 0 Å². The Hall–Kier alpha value is -0.0394. The van der Waals surface area contributed by atoms with Crippen LogP contribution in [0.25, 0.3) is 0 Å². The summed E-state index contributed by atoms with van der Waals surface area (Å²) in [6.07, 6.45) is 1.37. The third-order valence-electron chi connectivity index (χ3n) is 6.38. The van der Waals surface area contributed by atoms with Gasteiger partial charge in [0, 0.05) is 33.9 Å². The Morgan fingerprint density at radius 2 is 1.23 bits per heavy atom. The molecule has 0 aromatic heterocycles. The summed E-state index contributed by atoms with van der Waals surface area (Å²) in [5.41, 5.74) is 1.22. The largest absolute Gasteiger partial charge is 0.518 e. The lowest BCUT2D eigenvalue weighted by Gasteiger charge is -2.41. The summed E-state index contributed by atoms with van der Waals surface area (Å²) >= 11 is 0. The average molecular weight is 480 g/mol. The molecule has 0 rings (SSSR count). The van der Waals surface area contributed by atoms with Crippen LogP contribution in [-0.2, 0) is 22.5 Å². The number of nitrogens with zero attached hydrogens (tertiary/aromatic N) is 1. The second-order valence-electron chi connectivity index (χ2n) is 10.1. The van der Waals surface area contributed by atoms with Gasteiger partial charge in [0.05, 0.1) is 6.42 Å². The second-order valence-corrected chi connectivity index (χ2v) is 23.5. The maximum Gasteiger partial charge on any atom is 0.500 e. The molecule has 0 aromatic carbocycles. The van der Waals surface area contributed by atoms with E-state index in [1.807, 2.05) is 0 Å². The lowest BCUT2D eigenvalue weighted by Crippen LogP contribution is -2.51. The van der Waals surface area contributed by atoms with Gasteiger partial charge >= 0.3 is 8.80 Å². The highest BCUT2D eigenvalue weighted by Gasteiger charge is 2.48. The van der Waals surface area contributed by atoms with Crippen LogP contribution in [0.2, 0.25) is 42.3 Å². The minimum atomic E-state index is -2.56. The molecule has 180 valence electrons. The average Bonchev–Trinajstić information content (AvgIpc) is 2.64. The second kappa shape index (κ2) is 12.9. The number of hydrogen-bond donors (Lipinski definition) is 0. The van der Waals surface area contributed by atoms with E-state index in [2.05, 4.69) is 65.7 Å². The van der Waals surface area contributed by atoms with Gasteiger partial charge in [0.1, 0.15) is 8.24 Å². The molecule has 0 atom stereocenters. The van der Waals surface area contributed by atoms with Crippen molar-refractivity contribution in [2.45, 2.75) is 96.7 Å². The zero-order valence-electron chi connectivity index (χ0n) is 21.8. The Morgan fingerprint density at radius 1 is 0.800 bits per heavy atom. The summed E-state index contributed by atoms with van der Waals surface area (Å²) in [5.74, 6) is -0.0320. The van der Waals surface area contributed by atoms with Crippen molar-refractivity contribution in [3.05, 3.63) is 0 Å². The van der Waals surface area contributed by atoms with E-state index < -0.39 is 25.4 Å². The fourth-order valence-electron chi connectivity index (χ4n) is 4.65. The summed E-state index contributed by atoms with van der Waals surface area (Å²) in [7, 11) is -1.35. The molecular weight excluding hydrogens is 430 g/mol. The molecule has 0 amide bonds. The van der Waals surface area contributed by atoms with Gasteiger partial charge in [-0.3, -0.25) is 4.79 Å². The molecule has 0 aliphatic rings. The van der Waals surface area contributed by atoms with Gasteiger partial charge in [-0.1, -0.05) is 61.2 Å². The first kappa shape index (κ1) is 30.0. The summed E-state index contributed by atoms with van der Waals surface area (Å²) in [4.78, 5) is 12.9. The van der Waals surface area contributed by atoms with Crippen LogP contribution >= 0.6 is 0 Å². The van der Waals surface area contributed by atoms with E-state index in [9.17, 15) is 4.79 Å². The molecule has 0 aliphatic heterocycles. The van der Waals surface area contributed by atoms with E-state index in [0.717, 1.165) is 25.6 Å². The third-order valence-corrected chi connectivity index (χ3v) is 17.5. The van der Waals surface area contributed by atoms with Crippen molar-refractivity contribution in [1.29, 1.82) is 0 Å². The Bertz CT molecular complexity index is 475. The topological polar surface area (TPSA) is 57.2 Å². The Labute approximate surface area is 189 Å². The highest BCUT2D eigenvalue weighted by molar-refractivity contribution is 6.79. The van der Waals surface area contributed by atoms with Gasteiger partial charge in [0.2, 0.25) is 0 Å². The van der Waals surface area contributed by atoms with Gasteiger partial charge in [0.15, 0.2) is 0 Å². The van der Waals surface area contributed by atoms with Crippen LogP contribution < -0.4 is 0 Å². The van der Waals surface area contributed by atoms with Gasteiger partial charge in [-0.2, -0.15) is 0 Å². The molecule has 0 aliphatic carbocycles. The molecule has 0 saturated heterocycles. The van der Waals surface area contributed by atoms with Gasteiger partial charge in [-0.05, 0) is 29.6 Å². The van der Waals surface area contributed by atoms with E-state index in [4.69, 9.17) is 17.7 Å². The minimum absolute atomic E-state index is 0.0320. The lowest BCUT2D eigenvalue weighted by molar-refractivity contribution is -0.135. The van der Waals surface area contributed by atoms with Crippen LogP contribution in [0.3, 0.4) is 0 Å². The Kier molecular flexibility index (Phi) is 12.8. The van der Waals surface area contributed by atoms with E-state index >= 15 is 0 Å². The van der Waals surface area contributed by atoms with Crippen LogP contribution in [0.4, 0.5) is 0 Å². The fraction of sp³-hybridized carbons (Fsp3) is 0.952. The van der Waals surface area contributed by atoms with E-state index in [-0.39, 0.29) is 5.97 Å². The summed E-state index contributed by atoms with van der Waals surface area (Å²) in [5, 5.41) is 0. The first-order chi connectivity index (χ1) is 13.7. The zero-order chi connectivity index (χ0) is 23.8. The van der Waals surface area contributed by atoms with Gasteiger partial charge < -0.3 is 22.3 Å². The molecule has 0 aromatic rings. The predicted octanol–water partition coefficient (Wildman–Crippen LogP) is 5.50. The number of hydrogen-bond acceptors (Lipinski definition) is 6. The summed E-state index contributed by atoms with van der Waals surface area (Å²) < 4.78 is 25.4. The van der Waals surface area contributed by atoms with Crippen LogP contribution in [0.1, 0.15) is 54.4 Å². The Morgan fingerprint density at radius 3 is 1.57 bits per heavy atom. The smallest absolute Gasteiger partial charge is 0.500 e. The van der Waals surface area contributed by atoms with Crippen LogP contribution in [0.15, 0.2) is 0 Å². The molecule has 30 heavy (non-hydrogen) atoms. The van der Waals surface area contributed by atoms with Crippen molar-refractivity contribution in [2.75, 3.05) is 34.4 Å². The van der Waals surface area contributed by atoms with Gasteiger partial charge in [-0.15, -0.1) is 0 Å². The molecule has 0 N–H and O–H groups in total. The van der Waals surface area contributed by atoms with Crippen molar-refractivity contribution in [1.82, 2.24) is 4.57 Å². The molecular formula is C21H49NO5Si3. The maximum atomic E-state index is 12.9. The van der Waals surface area contributed by atoms with Gasteiger partial charge in [-0.25, -0.2) is 0 Å². The Balaban J connectivity index is 5.08. The summed E-state index contributed by atoms with van der Waals surface area (Å²) in [6.45, 7) is 21.9. The first-order valence-corrected chi connectivity index (χ1v) is 18.9. The molecule has 0 heterocycles. The molecule has 6 nitrogen and oxygen atoms in total. The highest BCUT2D eigenvalue weighted by atomic mass is 28.4. The number of carbonyl (C=O) groups is 1. The molecule has 0 saturated carbocycles. The molecule has 0 unspecified atom stereocenters. The van der Waals surface area contributed by atoms with Crippen molar-refractivity contribution >= 4 is 31.3 Å². The molecule has 0 bridgehead atoms. The summed E-state index contributed by atoms with van der Waals surface area (Å²) in [6, 6.07) is 0.770. The molecule has 0 radical (unpaired) electrons. The quantitative estimate of drug-likeness (QED) is 0.289. The van der Waals surface area contributed by atoms with E-state index in [0.29, 0.717) is 23.0 Å². The minimum Gasteiger partial charge on any atom is -0.518 e. The number of carbonyl (C=O) groups excluding carboxylic acids is 1. The van der Waals surface area contributed by atoms with Crippen molar-refractivity contribution in [3.63, 3.8) is 0 Å². The third kappa shape index (κ3) is 8.14. The standard InChI is InChI=1S/C21H49NO5Si3/c1-18(2)30(19(3)4,20(5)6)27-21(23)14-16-22(28(10,11)12)15-13-17-29(24-7,25-8)26-9/h18-20H,13-17H2,1-12H3. The first-order valence-electron chi connectivity index (χ1n) is 11.3. The molecule has 9 heteroatoms. The molecule has 0 spiro atoms. The van der Waals surface area contributed by atoms with Crippen LogP contribution in [0, 0.1) is 0 Å². The lowest BCUT2D eigenvalue weighted by atomic mass is 10.4. The fourth-order valence-corrected chi connectivity index (χ4v) is 13.2. The highest BCUT2D eigenvalue weighted by Crippen LogP contribution is 2.42. The monoisotopic (exact) mass is 479 g/mol. The van der Waals surface area contributed by atoms with Gasteiger partial charge in [0.25, 0.3) is 14.3 Å². The van der Waals surface area contributed by atoms with Crippen LogP contribution in [-0.4, -0.2) is 70.3 Å². The predicted molar refractivity (Wildman–Crippen MR) is 133 cm³/mol. The normalized spacial score (nSPS) is 13.7. The maximum absolute atomic E-state index is 12.9. The van der Waals surface area contributed by atoms with E-state index in [1.54, 1.807) is 21.3 Å². The SMILES string of the molecule is CO[Si](CCCN(CCC(=O)O[Si](C(C)C)(C(C)C)C(C)C)[Si](C)(C)C)(OC)OC. The zero-order valence-corrected chi connectivity index (χ0v) is 24.8. The number of rotatable bonds is 15. The van der Waals surface area contributed by atoms with Crippen molar-refractivity contribution < 1.29 is 22.5 Å². The van der Waals surface area contributed by atoms with Crippen molar-refractivity contribution in [3.8, 4) is 0 Å². The molecule has 0 fully saturated rings. The van der Waals surface area contributed by atoms with E-state index in [1.165, 1.54) is 0 Å².